The number of urea groups is 1. The Hall–Kier alpha value is -4.21. The zero-order valence-electron chi connectivity index (χ0n) is 17.5. The third-order valence-electron chi connectivity index (χ3n) is 4.94. The smallest absolute Gasteiger partial charge is 0.319 e. The molecule has 10 heteroatoms. The van der Waals surface area contributed by atoms with E-state index >= 15 is 0 Å². The molecule has 8 nitrogen and oxygen atoms in total. The minimum atomic E-state index is -1.21. The van der Waals surface area contributed by atoms with E-state index in [4.69, 9.17) is 0 Å². The summed E-state index contributed by atoms with van der Waals surface area (Å²) in [7, 11) is 0. The summed E-state index contributed by atoms with van der Waals surface area (Å²) in [5.41, 5.74) is -0.179. The van der Waals surface area contributed by atoms with Gasteiger partial charge in [0, 0.05) is 24.4 Å². The molecule has 3 rings (SSSR count). The summed E-state index contributed by atoms with van der Waals surface area (Å²) in [6.07, 6.45) is 0.858. The second-order valence-corrected chi connectivity index (χ2v) is 7.17. The van der Waals surface area contributed by atoms with E-state index in [9.17, 15) is 33.4 Å². The number of aromatic nitrogens is 1. The largest absolute Gasteiger partial charge is 0.505 e. The summed E-state index contributed by atoms with van der Waals surface area (Å²) >= 11 is 0. The minimum Gasteiger partial charge on any atom is -0.505 e. The fraction of sp³-hybridized carbons (Fsp3) is 0.174. The number of benzene rings is 2. The average molecular weight is 457 g/mol. The Morgan fingerprint density at radius 1 is 1.12 bits per heavy atom. The summed E-state index contributed by atoms with van der Waals surface area (Å²) in [5.74, 6) is -3.18. The van der Waals surface area contributed by atoms with Crippen LogP contribution in [0.1, 0.15) is 24.9 Å². The molecule has 1 atom stereocenters. The van der Waals surface area contributed by atoms with Gasteiger partial charge in [-0.3, -0.25) is 9.59 Å². The van der Waals surface area contributed by atoms with E-state index in [1.54, 1.807) is 25.1 Å². The van der Waals surface area contributed by atoms with Gasteiger partial charge in [-0.05, 0) is 42.3 Å². The number of aromatic hydroxyl groups is 1. The van der Waals surface area contributed by atoms with E-state index in [0.29, 0.717) is 17.7 Å². The van der Waals surface area contributed by atoms with E-state index in [-0.39, 0.29) is 11.3 Å². The maximum atomic E-state index is 14.2. The second-order valence-electron chi connectivity index (χ2n) is 7.17. The number of rotatable bonds is 7. The predicted octanol–water partition coefficient (Wildman–Crippen LogP) is 3.86. The summed E-state index contributed by atoms with van der Waals surface area (Å²) < 4.78 is 28.7. The fourth-order valence-electron chi connectivity index (χ4n) is 3.31. The van der Waals surface area contributed by atoms with E-state index < -0.39 is 47.4 Å². The molecule has 2 amide bonds. The van der Waals surface area contributed by atoms with Crippen molar-refractivity contribution < 1.29 is 28.6 Å². The van der Waals surface area contributed by atoms with Crippen LogP contribution in [0.5, 0.6) is 5.75 Å². The van der Waals surface area contributed by atoms with Crippen molar-refractivity contribution in [2.24, 2.45) is 0 Å². The Morgan fingerprint density at radius 2 is 1.88 bits per heavy atom. The molecule has 0 radical (unpaired) electrons. The van der Waals surface area contributed by atoms with Gasteiger partial charge in [-0.15, -0.1) is 0 Å². The molecule has 0 aliphatic heterocycles. The van der Waals surface area contributed by atoms with Crippen LogP contribution >= 0.6 is 0 Å². The van der Waals surface area contributed by atoms with Crippen molar-refractivity contribution in [3.05, 3.63) is 82.3 Å². The van der Waals surface area contributed by atoms with Gasteiger partial charge in [-0.25, -0.2) is 13.6 Å². The number of nitrogens with zero attached hydrogens (tertiary/aromatic N) is 1. The molecule has 0 spiro atoms. The Kier molecular flexibility index (Phi) is 7.07. The maximum Gasteiger partial charge on any atom is 0.319 e. The highest BCUT2D eigenvalue weighted by Crippen LogP contribution is 2.27. The van der Waals surface area contributed by atoms with Crippen LogP contribution in [0.15, 0.2) is 59.5 Å². The van der Waals surface area contributed by atoms with E-state index in [2.05, 4.69) is 10.6 Å². The number of anilines is 1. The first-order chi connectivity index (χ1) is 15.7. The number of carbonyl (C=O) groups is 2. The lowest BCUT2D eigenvalue weighted by atomic mass is 9.97. The molecule has 0 saturated carbocycles. The molecule has 2 aromatic carbocycles. The van der Waals surface area contributed by atoms with Crippen molar-refractivity contribution in [3.63, 3.8) is 0 Å². The lowest BCUT2D eigenvalue weighted by molar-refractivity contribution is -0.137. The quantitative estimate of drug-likeness (QED) is 0.429. The number of hydrogen-bond donors (Lipinski definition) is 4. The number of nitrogens with one attached hydrogen (secondary N) is 2. The van der Waals surface area contributed by atoms with Crippen molar-refractivity contribution in [2.45, 2.75) is 25.9 Å². The molecule has 0 unspecified atom stereocenters. The second kappa shape index (κ2) is 9.94. The number of carboxylic acids is 1. The van der Waals surface area contributed by atoms with Crippen molar-refractivity contribution in [3.8, 4) is 16.9 Å². The predicted molar refractivity (Wildman–Crippen MR) is 117 cm³/mol. The third kappa shape index (κ3) is 5.53. The molecule has 0 saturated heterocycles. The third-order valence-corrected chi connectivity index (χ3v) is 4.94. The van der Waals surface area contributed by atoms with E-state index in [1.807, 2.05) is 0 Å². The highest BCUT2D eigenvalue weighted by molar-refractivity contribution is 5.91. The van der Waals surface area contributed by atoms with Gasteiger partial charge >= 0.3 is 12.0 Å². The first kappa shape index (κ1) is 23.5. The van der Waals surface area contributed by atoms with Crippen LogP contribution in [0.3, 0.4) is 0 Å². The van der Waals surface area contributed by atoms with Crippen LogP contribution in [-0.2, 0) is 11.3 Å². The number of aryl methyl sites for hydroxylation is 1. The number of carbonyl (C=O) groups excluding carboxylic acids is 1. The number of pyridine rings is 1. The SMILES string of the molecule is CCn1ccc(O)c(NC(=O)N[C@@H](CC(=O)O)c2cccc(-c3ccc(F)cc3F)c2)c1=O. The summed E-state index contributed by atoms with van der Waals surface area (Å²) in [6.45, 7) is 2.02. The number of hydrogen-bond acceptors (Lipinski definition) is 4. The van der Waals surface area contributed by atoms with Crippen LogP contribution in [0.2, 0.25) is 0 Å². The first-order valence-corrected chi connectivity index (χ1v) is 9.96. The fourth-order valence-corrected chi connectivity index (χ4v) is 3.31. The van der Waals surface area contributed by atoms with E-state index in [0.717, 1.165) is 12.1 Å². The van der Waals surface area contributed by atoms with Crippen LogP contribution in [0, 0.1) is 11.6 Å². The molecule has 1 heterocycles. The molecule has 4 N–H and O–H groups in total. The van der Waals surface area contributed by atoms with Crippen LogP contribution in [0.4, 0.5) is 19.3 Å². The van der Waals surface area contributed by atoms with Gasteiger partial charge in [-0.1, -0.05) is 18.2 Å². The summed E-state index contributed by atoms with van der Waals surface area (Å²) in [6, 6.07) is 8.50. The molecular weight excluding hydrogens is 436 g/mol. The lowest BCUT2D eigenvalue weighted by Gasteiger charge is -2.19. The molecule has 0 fully saturated rings. The molecule has 0 aliphatic rings. The van der Waals surface area contributed by atoms with Crippen molar-refractivity contribution in [1.82, 2.24) is 9.88 Å². The highest BCUT2D eigenvalue weighted by Gasteiger charge is 2.21. The van der Waals surface area contributed by atoms with E-state index in [1.165, 1.54) is 29.0 Å². The Bertz CT molecular complexity index is 1260. The van der Waals surface area contributed by atoms with Gasteiger partial charge < -0.3 is 25.4 Å². The molecule has 0 aliphatic carbocycles. The summed E-state index contributed by atoms with van der Waals surface area (Å²) in [4.78, 5) is 36.3. The Morgan fingerprint density at radius 3 is 2.55 bits per heavy atom. The topological polar surface area (TPSA) is 121 Å². The monoisotopic (exact) mass is 457 g/mol. The van der Waals surface area contributed by atoms with Crippen LogP contribution in [-0.4, -0.2) is 26.8 Å². The standard InChI is InChI=1S/C23H21F2N3O5/c1-2-28-9-8-19(29)21(22(28)32)27-23(33)26-18(12-20(30)31)14-5-3-4-13(10-14)16-7-6-15(24)11-17(16)25/h3-11,18,29H,2,12H2,1H3,(H,30,31)(H2,26,27,33)/t18-/m0/s1. The molecule has 0 bridgehead atoms. The minimum absolute atomic E-state index is 0.103. The normalized spacial score (nSPS) is 11.6. The number of aliphatic carboxylic acids is 1. The number of carboxylic acid groups (broad SMARTS) is 1. The molecule has 3 aromatic rings. The van der Waals surface area contributed by atoms with Gasteiger partial charge in [-0.2, -0.15) is 0 Å². The van der Waals surface area contributed by atoms with Crippen LogP contribution in [0.25, 0.3) is 11.1 Å². The first-order valence-electron chi connectivity index (χ1n) is 9.96. The van der Waals surface area contributed by atoms with Gasteiger partial charge in [0.05, 0.1) is 12.5 Å². The van der Waals surface area contributed by atoms with Gasteiger partial charge in [0.25, 0.3) is 5.56 Å². The Balaban J connectivity index is 1.89. The Labute approximate surface area is 187 Å². The number of amides is 2. The van der Waals surface area contributed by atoms with Gasteiger partial charge in [0.2, 0.25) is 0 Å². The van der Waals surface area contributed by atoms with Crippen LogP contribution < -0.4 is 16.2 Å². The lowest BCUT2D eigenvalue weighted by Crippen LogP contribution is -2.36. The number of halogens is 2. The van der Waals surface area contributed by atoms with Gasteiger partial charge in [0.1, 0.15) is 17.4 Å². The average Bonchev–Trinajstić information content (AvgIpc) is 2.76. The molecule has 33 heavy (non-hydrogen) atoms. The molecular formula is C23H21F2N3O5. The molecule has 172 valence electrons. The summed E-state index contributed by atoms with van der Waals surface area (Å²) in [5, 5.41) is 24.0. The molecule has 1 aromatic heterocycles. The van der Waals surface area contributed by atoms with Crippen molar-refractivity contribution >= 4 is 17.7 Å². The van der Waals surface area contributed by atoms with Crippen molar-refractivity contribution in [2.75, 3.05) is 5.32 Å². The zero-order chi connectivity index (χ0) is 24.1. The maximum absolute atomic E-state index is 14.2. The van der Waals surface area contributed by atoms with Gasteiger partial charge in [0.15, 0.2) is 5.69 Å². The highest BCUT2D eigenvalue weighted by atomic mass is 19.1. The van der Waals surface area contributed by atoms with Crippen molar-refractivity contribution in [1.29, 1.82) is 0 Å². The zero-order valence-corrected chi connectivity index (χ0v) is 17.5.